The molecule has 0 aliphatic carbocycles. The van der Waals surface area contributed by atoms with E-state index in [0.717, 1.165) is 12.0 Å². The van der Waals surface area contributed by atoms with Gasteiger partial charge in [0.15, 0.2) is 11.8 Å². The quantitative estimate of drug-likeness (QED) is 0.342. The molecule has 0 saturated heterocycles. The Balaban J connectivity index is 0.00000312. The molecule has 1 amide bonds. The fraction of sp³-hybridized carbons (Fsp3) is 0.375. The predicted octanol–water partition coefficient (Wildman–Crippen LogP) is 1.26. The molecule has 0 unspecified atom stereocenters. The molecule has 0 atom stereocenters. The van der Waals surface area contributed by atoms with Crippen LogP contribution in [0.1, 0.15) is 27.6 Å². The molecule has 8 nitrogen and oxygen atoms in total. The molecule has 0 aliphatic rings. The number of aromatic nitrogens is 2. The van der Waals surface area contributed by atoms with Gasteiger partial charge < -0.3 is 20.5 Å². The van der Waals surface area contributed by atoms with Crippen molar-refractivity contribution in [3.8, 4) is 0 Å². The molecule has 0 fully saturated rings. The second-order valence-corrected chi connectivity index (χ2v) is 5.12. The highest BCUT2D eigenvalue weighted by atomic mass is 127. The summed E-state index contributed by atoms with van der Waals surface area (Å²) in [6.07, 6.45) is 0.769. The average Bonchev–Trinajstić information content (AvgIpc) is 3.02. The van der Waals surface area contributed by atoms with Crippen LogP contribution in [0.4, 0.5) is 0 Å². The summed E-state index contributed by atoms with van der Waals surface area (Å²) in [5.74, 6) is 1.67. The summed E-state index contributed by atoms with van der Waals surface area (Å²) < 4.78 is 5.03. The number of hydrogen-bond acceptors (Lipinski definition) is 5. The predicted molar refractivity (Wildman–Crippen MR) is 106 cm³/mol. The van der Waals surface area contributed by atoms with Crippen molar-refractivity contribution >= 4 is 35.8 Å². The summed E-state index contributed by atoms with van der Waals surface area (Å²) in [5.41, 5.74) is 1.73. The van der Waals surface area contributed by atoms with E-state index in [2.05, 4.69) is 31.1 Å². The molecule has 136 valence electrons. The average molecular weight is 458 g/mol. The van der Waals surface area contributed by atoms with Gasteiger partial charge in [-0.15, -0.1) is 24.0 Å². The van der Waals surface area contributed by atoms with Gasteiger partial charge in [0.25, 0.3) is 5.91 Å². The highest BCUT2D eigenvalue weighted by Crippen LogP contribution is 2.05. The van der Waals surface area contributed by atoms with Gasteiger partial charge in [-0.3, -0.25) is 9.79 Å². The number of amides is 1. The van der Waals surface area contributed by atoms with Gasteiger partial charge in [0, 0.05) is 26.2 Å². The molecule has 1 aromatic heterocycles. The number of aliphatic imine (C=N–C) groups is 1. The van der Waals surface area contributed by atoms with Gasteiger partial charge >= 0.3 is 0 Å². The summed E-state index contributed by atoms with van der Waals surface area (Å²) in [4.78, 5) is 19.9. The Morgan fingerprint density at radius 3 is 2.76 bits per heavy atom. The Kier molecular flexibility index (Phi) is 8.89. The van der Waals surface area contributed by atoms with E-state index in [0.29, 0.717) is 36.3 Å². The highest BCUT2D eigenvalue weighted by Gasteiger charge is 2.05. The maximum atomic E-state index is 11.6. The normalized spacial score (nSPS) is 10.8. The van der Waals surface area contributed by atoms with Crippen molar-refractivity contribution < 1.29 is 9.32 Å². The first-order valence-electron chi connectivity index (χ1n) is 7.67. The van der Waals surface area contributed by atoms with E-state index in [-0.39, 0.29) is 29.9 Å². The van der Waals surface area contributed by atoms with Crippen LogP contribution in [0.5, 0.6) is 0 Å². The number of benzene rings is 1. The number of hydrogen-bond donors (Lipinski definition) is 3. The smallest absolute Gasteiger partial charge is 0.251 e. The zero-order valence-corrected chi connectivity index (χ0v) is 16.8. The van der Waals surface area contributed by atoms with Crippen molar-refractivity contribution in [3.05, 3.63) is 47.1 Å². The number of carbonyl (C=O) groups excluding carboxylic acids is 1. The van der Waals surface area contributed by atoms with Crippen molar-refractivity contribution in [1.29, 1.82) is 0 Å². The Morgan fingerprint density at radius 2 is 2.12 bits per heavy atom. The molecule has 2 aromatic rings. The Bertz CT molecular complexity index is 716. The maximum Gasteiger partial charge on any atom is 0.251 e. The van der Waals surface area contributed by atoms with E-state index in [1.165, 1.54) is 0 Å². The fourth-order valence-corrected chi connectivity index (χ4v) is 2.13. The first-order chi connectivity index (χ1) is 11.6. The van der Waals surface area contributed by atoms with Crippen LogP contribution in [0.25, 0.3) is 0 Å². The summed E-state index contributed by atoms with van der Waals surface area (Å²) in [6.45, 7) is 2.86. The van der Waals surface area contributed by atoms with Crippen molar-refractivity contribution in [2.45, 2.75) is 19.9 Å². The van der Waals surface area contributed by atoms with E-state index in [4.69, 9.17) is 4.52 Å². The van der Waals surface area contributed by atoms with Gasteiger partial charge in [0.05, 0.1) is 6.54 Å². The summed E-state index contributed by atoms with van der Waals surface area (Å²) >= 11 is 0. The molecule has 0 spiro atoms. The second kappa shape index (κ2) is 10.6. The Morgan fingerprint density at radius 1 is 1.32 bits per heavy atom. The van der Waals surface area contributed by atoms with E-state index in [9.17, 15) is 4.79 Å². The molecule has 2 rings (SSSR count). The first kappa shape index (κ1) is 20.9. The molecule has 9 heteroatoms. The highest BCUT2D eigenvalue weighted by molar-refractivity contribution is 14.0. The topological polar surface area (TPSA) is 104 Å². The molecule has 0 radical (unpaired) electrons. The van der Waals surface area contributed by atoms with Gasteiger partial charge in [0.2, 0.25) is 5.89 Å². The lowest BCUT2D eigenvalue weighted by atomic mass is 10.1. The lowest BCUT2D eigenvalue weighted by Crippen LogP contribution is -2.37. The van der Waals surface area contributed by atoms with Crippen LogP contribution in [-0.4, -0.2) is 42.6 Å². The summed E-state index contributed by atoms with van der Waals surface area (Å²) in [6, 6.07) is 7.55. The third-order valence-corrected chi connectivity index (χ3v) is 3.32. The van der Waals surface area contributed by atoms with Crippen molar-refractivity contribution in [2.24, 2.45) is 4.99 Å². The van der Waals surface area contributed by atoms with Crippen LogP contribution in [0, 0.1) is 6.92 Å². The van der Waals surface area contributed by atoms with Crippen molar-refractivity contribution in [1.82, 2.24) is 26.1 Å². The first-order valence-corrected chi connectivity index (χ1v) is 7.67. The van der Waals surface area contributed by atoms with Crippen molar-refractivity contribution in [2.75, 3.05) is 20.6 Å². The van der Waals surface area contributed by atoms with E-state index >= 15 is 0 Å². The van der Waals surface area contributed by atoms with E-state index < -0.39 is 0 Å². The number of carbonyl (C=O) groups is 1. The molecule has 1 aromatic carbocycles. The Hall–Kier alpha value is -2.17. The SMILES string of the molecule is CN=C(NCCc1cccc(C(=O)NC)c1)NCc1nc(C)no1.I. The van der Waals surface area contributed by atoms with Crippen LogP contribution in [0.2, 0.25) is 0 Å². The second-order valence-electron chi connectivity index (χ2n) is 5.12. The van der Waals surface area contributed by atoms with Crippen molar-refractivity contribution in [3.63, 3.8) is 0 Å². The zero-order valence-electron chi connectivity index (χ0n) is 14.5. The lowest BCUT2D eigenvalue weighted by Gasteiger charge is -2.10. The molecule has 0 saturated carbocycles. The number of nitrogens with one attached hydrogen (secondary N) is 3. The number of aryl methyl sites for hydroxylation is 1. The number of guanidine groups is 1. The lowest BCUT2D eigenvalue weighted by molar-refractivity contribution is 0.0963. The zero-order chi connectivity index (χ0) is 17.4. The molecule has 1 heterocycles. The fourth-order valence-electron chi connectivity index (χ4n) is 2.13. The minimum absolute atomic E-state index is 0. The van der Waals surface area contributed by atoms with Crippen LogP contribution in [0.15, 0.2) is 33.8 Å². The molecule has 0 aliphatic heterocycles. The van der Waals surface area contributed by atoms with Crippen LogP contribution in [0.3, 0.4) is 0 Å². The minimum atomic E-state index is -0.0860. The number of nitrogens with zero attached hydrogens (tertiary/aromatic N) is 3. The third kappa shape index (κ3) is 6.69. The van der Waals surface area contributed by atoms with Gasteiger partial charge in [-0.05, 0) is 31.0 Å². The molecule has 25 heavy (non-hydrogen) atoms. The number of halogens is 1. The molecular weight excluding hydrogens is 435 g/mol. The van der Waals surface area contributed by atoms with E-state index in [1.54, 1.807) is 27.1 Å². The van der Waals surface area contributed by atoms with E-state index in [1.807, 2.05) is 18.2 Å². The number of rotatable bonds is 6. The van der Waals surface area contributed by atoms with Gasteiger partial charge in [-0.25, -0.2) is 0 Å². The molecular formula is C16H23IN6O2. The van der Waals surface area contributed by atoms with Crippen LogP contribution in [-0.2, 0) is 13.0 Å². The standard InChI is InChI=1S/C16H22N6O2.HI/c1-11-21-14(24-22-11)10-20-16(18-3)19-8-7-12-5-4-6-13(9-12)15(23)17-2;/h4-6,9H,7-8,10H2,1-3H3,(H,17,23)(H2,18,19,20);1H. The molecule has 3 N–H and O–H groups in total. The van der Waals surface area contributed by atoms with Gasteiger partial charge in [-0.1, -0.05) is 17.3 Å². The van der Waals surface area contributed by atoms with Crippen LogP contribution >= 0.6 is 24.0 Å². The third-order valence-electron chi connectivity index (χ3n) is 3.32. The summed E-state index contributed by atoms with van der Waals surface area (Å²) in [7, 11) is 3.32. The maximum absolute atomic E-state index is 11.6. The monoisotopic (exact) mass is 458 g/mol. The van der Waals surface area contributed by atoms with Gasteiger partial charge in [-0.2, -0.15) is 4.98 Å². The minimum Gasteiger partial charge on any atom is -0.356 e. The molecule has 0 bridgehead atoms. The van der Waals surface area contributed by atoms with Crippen LogP contribution < -0.4 is 16.0 Å². The van der Waals surface area contributed by atoms with Gasteiger partial charge in [0.1, 0.15) is 0 Å². The summed E-state index contributed by atoms with van der Waals surface area (Å²) in [5, 5.41) is 12.7. The largest absolute Gasteiger partial charge is 0.356 e. The Labute approximate surface area is 163 Å².